The van der Waals surface area contributed by atoms with E-state index in [4.69, 9.17) is 5.26 Å². The van der Waals surface area contributed by atoms with Gasteiger partial charge in [-0.2, -0.15) is 5.26 Å². The van der Waals surface area contributed by atoms with E-state index >= 15 is 0 Å². The summed E-state index contributed by atoms with van der Waals surface area (Å²) in [6.45, 7) is 1.02. The molecule has 0 amide bonds. The zero-order valence-electron chi connectivity index (χ0n) is 9.07. The van der Waals surface area contributed by atoms with E-state index in [0.717, 1.165) is 19.4 Å². The lowest BCUT2D eigenvalue weighted by Gasteiger charge is -2.08. The summed E-state index contributed by atoms with van der Waals surface area (Å²) in [6.07, 6.45) is 2.80. The van der Waals surface area contributed by atoms with Crippen LogP contribution in [0.5, 0.6) is 0 Å². The predicted molar refractivity (Wildman–Crippen MR) is 61.1 cm³/mol. The fourth-order valence-corrected chi connectivity index (χ4v) is 2.00. The average Bonchev–Trinajstić information content (AvgIpc) is 2.82. The Hall–Kier alpha value is -1.66. The van der Waals surface area contributed by atoms with Gasteiger partial charge in [0.15, 0.2) is 5.78 Å². The molecule has 3 heteroatoms. The molecule has 0 spiro atoms. The third-order valence-corrected chi connectivity index (χ3v) is 2.93. The minimum Gasteiger partial charge on any atom is -0.314 e. The number of benzene rings is 1. The van der Waals surface area contributed by atoms with Gasteiger partial charge in [0.2, 0.25) is 0 Å². The molecule has 82 valence electrons. The Morgan fingerprint density at radius 2 is 2.19 bits per heavy atom. The molecule has 2 rings (SSSR count). The van der Waals surface area contributed by atoms with E-state index in [9.17, 15) is 4.79 Å². The molecule has 0 radical (unpaired) electrons. The summed E-state index contributed by atoms with van der Waals surface area (Å²) < 4.78 is 0. The van der Waals surface area contributed by atoms with E-state index < -0.39 is 0 Å². The monoisotopic (exact) mass is 214 g/mol. The van der Waals surface area contributed by atoms with E-state index in [1.807, 2.05) is 6.07 Å². The second-order valence-corrected chi connectivity index (χ2v) is 4.11. The Kier molecular flexibility index (Phi) is 3.33. The molecule has 1 aromatic rings. The molecule has 1 N–H and O–H groups in total. The highest BCUT2D eigenvalue weighted by Crippen LogP contribution is 2.13. The van der Waals surface area contributed by atoms with E-state index in [1.165, 1.54) is 0 Å². The van der Waals surface area contributed by atoms with Crippen LogP contribution in [0.15, 0.2) is 24.3 Å². The van der Waals surface area contributed by atoms with Crippen molar-refractivity contribution in [2.45, 2.75) is 25.3 Å². The Labute approximate surface area is 95.1 Å². The second-order valence-electron chi connectivity index (χ2n) is 4.11. The third-order valence-electron chi connectivity index (χ3n) is 2.93. The van der Waals surface area contributed by atoms with Crippen molar-refractivity contribution in [2.24, 2.45) is 0 Å². The van der Waals surface area contributed by atoms with Crippen LogP contribution in [0.4, 0.5) is 0 Å². The topological polar surface area (TPSA) is 52.9 Å². The Balaban J connectivity index is 2.00. The van der Waals surface area contributed by atoms with Gasteiger partial charge in [-0.25, -0.2) is 0 Å². The SMILES string of the molecule is N#Cc1ccc(C(=O)CC2CCCN2)cc1. The Bertz CT molecular complexity index is 411. The molecule has 0 aliphatic carbocycles. The van der Waals surface area contributed by atoms with Crippen molar-refractivity contribution in [1.29, 1.82) is 5.26 Å². The number of rotatable bonds is 3. The summed E-state index contributed by atoms with van der Waals surface area (Å²) in [5, 5.41) is 12.0. The quantitative estimate of drug-likeness (QED) is 0.782. The number of carbonyl (C=O) groups is 1. The van der Waals surface area contributed by atoms with Gasteiger partial charge in [0, 0.05) is 18.0 Å². The molecule has 1 aliphatic rings. The van der Waals surface area contributed by atoms with Crippen LogP contribution in [0.3, 0.4) is 0 Å². The number of Topliss-reactive ketones (excluding diaryl/α,β-unsaturated/α-hetero) is 1. The Morgan fingerprint density at radius 1 is 1.44 bits per heavy atom. The largest absolute Gasteiger partial charge is 0.314 e. The van der Waals surface area contributed by atoms with Crippen LogP contribution in [0, 0.1) is 11.3 Å². The van der Waals surface area contributed by atoms with E-state index in [2.05, 4.69) is 5.32 Å². The van der Waals surface area contributed by atoms with Gasteiger partial charge >= 0.3 is 0 Å². The van der Waals surface area contributed by atoms with Crippen LogP contribution in [-0.2, 0) is 0 Å². The molecule has 1 fully saturated rings. The Morgan fingerprint density at radius 3 is 2.75 bits per heavy atom. The molecule has 0 bridgehead atoms. The maximum absolute atomic E-state index is 11.9. The fraction of sp³-hybridized carbons (Fsp3) is 0.385. The zero-order chi connectivity index (χ0) is 11.4. The van der Waals surface area contributed by atoms with Gasteiger partial charge in [-0.15, -0.1) is 0 Å². The van der Waals surface area contributed by atoms with Gasteiger partial charge in [-0.3, -0.25) is 4.79 Å². The second kappa shape index (κ2) is 4.91. The van der Waals surface area contributed by atoms with Gasteiger partial charge < -0.3 is 5.32 Å². The van der Waals surface area contributed by atoms with Crippen LogP contribution in [-0.4, -0.2) is 18.4 Å². The van der Waals surface area contributed by atoms with Crippen LogP contribution < -0.4 is 5.32 Å². The molecule has 3 nitrogen and oxygen atoms in total. The van der Waals surface area contributed by atoms with Gasteiger partial charge in [-0.1, -0.05) is 12.1 Å². The molecule has 1 atom stereocenters. The number of hydrogen-bond acceptors (Lipinski definition) is 3. The van der Waals surface area contributed by atoms with Gasteiger partial charge in [0.05, 0.1) is 11.6 Å². The average molecular weight is 214 g/mol. The van der Waals surface area contributed by atoms with Crippen LogP contribution >= 0.6 is 0 Å². The van der Waals surface area contributed by atoms with Crippen molar-refractivity contribution in [1.82, 2.24) is 5.32 Å². The van der Waals surface area contributed by atoms with Crippen molar-refractivity contribution in [3.63, 3.8) is 0 Å². The maximum atomic E-state index is 11.9. The lowest BCUT2D eigenvalue weighted by molar-refractivity contribution is 0.0971. The van der Waals surface area contributed by atoms with E-state index in [1.54, 1.807) is 24.3 Å². The van der Waals surface area contributed by atoms with Crippen molar-refractivity contribution >= 4 is 5.78 Å². The number of carbonyl (C=O) groups excluding carboxylic acids is 1. The van der Waals surface area contributed by atoms with Crippen molar-refractivity contribution in [3.05, 3.63) is 35.4 Å². The zero-order valence-corrected chi connectivity index (χ0v) is 9.07. The first kappa shape index (κ1) is 10.8. The normalized spacial score (nSPS) is 19.3. The molecule has 0 aromatic heterocycles. The summed E-state index contributed by atoms with van der Waals surface area (Å²) in [7, 11) is 0. The predicted octanol–water partition coefficient (Wildman–Crippen LogP) is 1.88. The minimum absolute atomic E-state index is 0.156. The summed E-state index contributed by atoms with van der Waals surface area (Å²) in [6, 6.07) is 9.22. The number of hydrogen-bond donors (Lipinski definition) is 1. The molecule has 1 heterocycles. The molecule has 0 saturated carbocycles. The minimum atomic E-state index is 0.156. The number of nitrogens with one attached hydrogen (secondary N) is 1. The van der Waals surface area contributed by atoms with Gasteiger partial charge in [0.1, 0.15) is 0 Å². The van der Waals surface area contributed by atoms with Crippen molar-refractivity contribution < 1.29 is 4.79 Å². The molecule has 1 unspecified atom stereocenters. The maximum Gasteiger partial charge on any atom is 0.164 e. The van der Waals surface area contributed by atoms with E-state index in [0.29, 0.717) is 23.6 Å². The highest BCUT2D eigenvalue weighted by Gasteiger charge is 2.18. The van der Waals surface area contributed by atoms with Gasteiger partial charge in [0.25, 0.3) is 0 Å². The number of nitriles is 1. The van der Waals surface area contributed by atoms with Crippen LogP contribution in [0.25, 0.3) is 0 Å². The summed E-state index contributed by atoms with van der Waals surface area (Å²) >= 11 is 0. The summed E-state index contributed by atoms with van der Waals surface area (Å²) in [4.78, 5) is 11.9. The van der Waals surface area contributed by atoms with Crippen LogP contribution in [0.2, 0.25) is 0 Å². The standard InChI is InChI=1S/C13H14N2O/c14-9-10-3-5-11(6-4-10)13(16)8-12-2-1-7-15-12/h3-6,12,15H,1-2,7-8H2. The van der Waals surface area contributed by atoms with Crippen LogP contribution in [0.1, 0.15) is 35.2 Å². The first-order valence-electron chi connectivity index (χ1n) is 5.56. The molecule has 1 saturated heterocycles. The third kappa shape index (κ3) is 2.47. The smallest absolute Gasteiger partial charge is 0.164 e. The van der Waals surface area contributed by atoms with Crippen molar-refractivity contribution in [2.75, 3.05) is 6.54 Å². The summed E-state index contributed by atoms with van der Waals surface area (Å²) in [5.41, 5.74) is 1.29. The molecular formula is C13H14N2O. The van der Waals surface area contributed by atoms with E-state index in [-0.39, 0.29) is 5.78 Å². The molecule has 16 heavy (non-hydrogen) atoms. The highest BCUT2D eigenvalue weighted by molar-refractivity contribution is 5.96. The lowest BCUT2D eigenvalue weighted by atomic mass is 10.0. The number of ketones is 1. The molecule has 1 aliphatic heterocycles. The molecule has 1 aromatic carbocycles. The first-order chi connectivity index (χ1) is 7.79. The number of nitrogens with zero attached hydrogens (tertiary/aromatic N) is 1. The van der Waals surface area contributed by atoms with Crippen molar-refractivity contribution in [3.8, 4) is 6.07 Å². The first-order valence-corrected chi connectivity index (χ1v) is 5.56. The highest BCUT2D eigenvalue weighted by atomic mass is 16.1. The summed E-state index contributed by atoms with van der Waals surface area (Å²) in [5.74, 6) is 0.156. The van der Waals surface area contributed by atoms with Gasteiger partial charge in [-0.05, 0) is 31.5 Å². The lowest BCUT2D eigenvalue weighted by Crippen LogP contribution is -2.24. The fourth-order valence-electron chi connectivity index (χ4n) is 2.00. The molecular weight excluding hydrogens is 200 g/mol.